The van der Waals surface area contributed by atoms with Gasteiger partial charge in [0, 0.05) is 5.41 Å². The molecule has 1 aromatic rings. The van der Waals surface area contributed by atoms with Crippen LogP contribution in [-0.2, 0) is 20.2 Å². The van der Waals surface area contributed by atoms with Gasteiger partial charge in [-0.05, 0) is 11.1 Å². The van der Waals surface area contributed by atoms with Crippen LogP contribution in [0.3, 0.4) is 0 Å². The maximum absolute atomic E-state index is 5.15. The van der Waals surface area contributed by atoms with Crippen molar-refractivity contribution < 1.29 is 14.8 Å². The fourth-order valence-corrected chi connectivity index (χ4v) is 2.41. The smallest absolute Gasteiger partial charge is 0.152 e. The van der Waals surface area contributed by atoms with E-state index in [-0.39, 0.29) is 17.6 Å². The molecule has 2 atom stereocenters. The van der Waals surface area contributed by atoms with Gasteiger partial charge in [-0.2, -0.15) is 9.78 Å². The van der Waals surface area contributed by atoms with Crippen molar-refractivity contribution in [2.24, 2.45) is 0 Å². The van der Waals surface area contributed by atoms with Crippen molar-refractivity contribution in [1.82, 2.24) is 0 Å². The van der Waals surface area contributed by atoms with Gasteiger partial charge in [0.1, 0.15) is 6.10 Å². The molecule has 0 N–H and O–H groups in total. The third-order valence-electron chi connectivity index (χ3n) is 3.23. The molecule has 1 aliphatic carbocycles. The Hall–Kier alpha value is -0.900. The normalized spacial score (nSPS) is 32.7. The molecule has 3 nitrogen and oxygen atoms in total. The van der Waals surface area contributed by atoms with Crippen LogP contribution < -0.4 is 0 Å². The molecule has 2 aliphatic rings. The first-order valence-corrected chi connectivity index (χ1v) is 4.79. The minimum atomic E-state index is -0.0683. The number of fused-ring (bicyclic) bond motifs is 3. The average molecular weight is 192 g/mol. The number of benzene rings is 1. The Kier molecular flexibility index (Phi) is 1.54. The van der Waals surface area contributed by atoms with Crippen LogP contribution in [-0.4, -0.2) is 6.10 Å². The minimum Gasteiger partial charge on any atom is -0.199 e. The van der Waals surface area contributed by atoms with Gasteiger partial charge in [-0.1, -0.05) is 43.2 Å². The molecule has 1 aromatic carbocycles. The Labute approximate surface area is 82.4 Å². The summed E-state index contributed by atoms with van der Waals surface area (Å²) in [6, 6.07) is 8.25. The lowest BCUT2D eigenvalue weighted by Crippen LogP contribution is -2.30. The third kappa shape index (κ3) is 0.869. The van der Waals surface area contributed by atoms with Crippen molar-refractivity contribution in [3.8, 4) is 0 Å². The summed E-state index contributed by atoms with van der Waals surface area (Å²) in [5.41, 5.74) is 2.43. The van der Waals surface area contributed by atoms with Crippen LogP contribution in [0.5, 0.6) is 0 Å². The van der Waals surface area contributed by atoms with Crippen LogP contribution in [0.1, 0.15) is 31.1 Å². The number of hydrogen-bond donors (Lipinski definition) is 0. The lowest BCUT2D eigenvalue weighted by molar-refractivity contribution is -0.469. The molecule has 3 heteroatoms. The maximum atomic E-state index is 5.15. The molecular formula is C11H12O3. The Morgan fingerprint density at radius 2 is 1.93 bits per heavy atom. The van der Waals surface area contributed by atoms with E-state index in [0.717, 1.165) is 0 Å². The predicted molar refractivity (Wildman–Crippen MR) is 49.3 cm³/mol. The van der Waals surface area contributed by atoms with Gasteiger partial charge in [0.2, 0.25) is 0 Å². The zero-order valence-corrected chi connectivity index (χ0v) is 8.19. The van der Waals surface area contributed by atoms with E-state index in [1.807, 2.05) is 12.1 Å². The Morgan fingerprint density at radius 1 is 1.14 bits per heavy atom. The molecule has 1 fully saturated rings. The molecule has 74 valence electrons. The van der Waals surface area contributed by atoms with Crippen molar-refractivity contribution in [1.29, 1.82) is 0 Å². The molecule has 14 heavy (non-hydrogen) atoms. The second-order valence-electron chi connectivity index (χ2n) is 4.41. The average Bonchev–Trinajstić information content (AvgIpc) is 2.72. The van der Waals surface area contributed by atoms with Crippen LogP contribution in [0.15, 0.2) is 24.3 Å². The fourth-order valence-electron chi connectivity index (χ4n) is 2.41. The molecule has 0 bridgehead atoms. The van der Waals surface area contributed by atoms with E-state index in [1.165, 1.54) is 11.1 Å². The topological polar surface area (TPSA) is 27.7 Å². The van der Waals surface area contributed by atoms with Gasteiger partial charge in [0.25, 0.3) is 0 Å². The molecule has 3 rings (SSSR count). The van der Waals surface area contributed by atoms with E-state index >= 15 is 0 Å². The highest BCUT2D eigenvalue weighted by Crippen LogP contribution is 2.50. The molecule has 0 saturated carbocycles. The monoisotopic (exact) mass is 192 g/mol. The van der Waals surface area contributed by atoms with E-state index in [1.54, 1.807) is 0 Å². The fraction of sp³-hybridized carbons (Fsp3) is 0.455. The Balaban J connectivity index is 2.20. The highest BCUT2D eigenvalue weighted by molar-refractivity contribution is 5.42. The van der Waals surface area contributed by atoms with Crippen molar-refractivity contribution in [2.45, 2.75) is 31.5 Å². The number of hydrogen-bond acceptors (Lipinski definition) is 3. The van der Waals surface area contributed by atoms with Crippen molar-refractivity contribution in [3.05, 3.63) is 35.4 Å². The molecule has 1 aliphatic heterocycles. The van der Waals surface area contributed by atoms with Crippen LogP contribution in [0.25, 0.3) is 0 Å². The molecule has 0 aromatic heterocycles. The van der Waals surface area contributed by atoms with Gasteiger partial charge in [-0.15, -0.1) is 0 Å². The maximum Gasteiger partial charge on any atom is 0.152 e. The SMILES string of the molecule is CC1(C)c2ccccc2[C@H]2OOO[C@H]21. The summed E-state index contributed by atoms with van der Waals surface area (Å²) in [5, 5.41) is 4.60. The van der Waals surface area contributed by atoms with Crippen LogP contribution >= 0.6 is 0 Å². The first-order valence-electron chi connectivity index (χ1n) is 4.79. The first-order chi connectivity index (χ1) is 6.71. The zero-order valence-electron chi connectivity index (χ0n) is 8.19. The summed E-state index contributed by atoms with van der Waals surface area (Å²) in [5.74, 6) is 0. The van der Waals surface area contributed by atoms with Crippen molar-refractivity contribution >= 4 is 0 Å². The highest BCUT2D eigenvalue weighted by atomic mass is 17.5. The van der Waals surface area contributed by atoms with E-state index in [4.69, 9.17) is 9.78 Å². The van der Waals surface area contributed by atoms with Gasteiger partial charge in [-0.3, -0.25) is 0 Å². The van der Waals surface area contributed by atoms with Gasteiger partial charge in [0.15, 0.2) is 6.10 Å². The largest absolute Gasteiger partial charge is 0.199 e. The first kappa shape index (κ1) is 8.41. The predicted octanol–water partition coefficient (Wildman–Crippen LogP) is 2.28. The van der Waals surface area contributed by atoms with E-state index < -0.39 is 0 Å². The summed E-state index contributed by atoms with van der Waals surface area (Å²) >= 11 is 0. The standard InChI is InChI=1S/C11H12O3/c1-11(2)8-6-4-3-5-7(8)9-10(11)13-14-12-9/h3-6,9-10H,1-2H3/t9-,10-/m1/s1. The molecule has 0 unspecified atom stereocenters. The van der Waals surface area contributed by atoms with Crippen LogP contribution in [0.4, 0.5) is 0 Å². The van der Waals surface area contributed by atoms with Gasteiger partial charge >= 0.3 is 0 Å². The molecule has 1 saturated heterocycles. The Bertz CT molecular complexity index is 373. The summed E-state index contributed by atoms with van der Waals surface area (Å²) in [6.45, 7) is 4.29. The van der Waals surface area contributed by atoms with Crippen LogP contribution in [0, 0.1) is 0 Å². The summed E-state index contributed by atoms with van der Waals surface area (Å²) in [7, 11) is 0. The molecule has 1 heterocycles. The minimum absolute atomic E-state index is 0.0279. The van der Waals surface area contributed by atoms with Crippen LogP contribution in [0.2, 0.25) is 0 Å². The second-order valence-corrected chi connectivity index (χ2v) is 4.41. The van der Waals surface area contributed by atoms with Crippen molar-refractivity contribution in [2.75, 3.05) is 0 Å². The van der Waals surface area contributed by atoms with E-state index in [2.05, 4.69) is 31.0 Å². The highest BCUT2D eigenvalue weighted by Gasteiger charge is 2.52. The zero-order chi connectivity index (χ0) is 9.76. The lowest BCUT2D eigenvalue weighted by atomic mass is 9.84. The molecular weight excluding hydrogens is 180 g/mol. The molecule has 0 radical (unpaired) electrons. The summed E-state index contributed by atoms with van der Waals surface area (Å²) in [6.07, 6.45) is -0.0962. The summed E-state index contributed by atoms with van der Waals surface area (Å²) < 4.78 is 0. The summed E-state index contributed by atoms with van der Waals surface area (Å²) in [4.78, 5) is 10.3. The molecule has 0 spiro atoms. The molecule has 0 amide bonds. The van der Waals surface area contributed by atoms with Gasteiger partial charge in [0.05, 0.1) is 0 Å². The van der Waals surface area contributed by atoms with Gasteiger partial charge in [-0.25, -0.2) is 0 Å². The quantitative estimate of drug-likeness (QED) is 0.590. The van der Waals surface area contributed by atoms with E-state index in [9.17, 15) is 0 Å². The second kappa shape index (κ2) is 2.57. The third-order valence-corrected chi connectivity index (χ3v) is 3.23. The number of rotatable bonds is 0. The Morgan fingerprint density at radius 3 is 2.79 bits per heavy atom. The lowest BCUT2D eigenvalue weighted by Gasteiger charge is -2.23. The van der Waals surface area contributed by atoms with Crippen molar-refractivity contribution in [3.63, 3.8) is 0 Å². The van der Waals surface area contributed by atoms with Gasteiger partial charge < -0.3 is 0 Å². The van der Waals surface area contributed by atoms with E-state index in [0.29, 0.717) is 0 Å².